The lowest BCUT2D eigenvalue weighted by atomic mass is 10.2. The smallest absolute Gasteiger partial charge is 0.246 e. The third kappa shape index (κ3) is 9.31. The highest BCUT2D eigenvalue weighted by atomic mass is 35.5. The molecule has 2 heterocycles. The molecule has 0 radical (unpaired) electrons. The van der Waals surface area contributed by atoms with E-state index in [0.717, 1.165) is 47.1 Å². The Bertz CT molecular complexity index is 1160. The zero-order valence-corrected chi connectivity index (χ0v) is 25.3. The molecule has 0 bridgehead atoms. The molecule has 0 aromatic heterocycles. The van der Waals surface area contributed by atoms with Gasteiger partial charge in [-0.25, -0.2) is 0 Å². The number of aliphatic hydroxyl groups is 2. The number of hydrogen-bond donors (Lipinski definition) is 2. The number of piperazine rings is 2. The summed E-state index contributed by atoms with van der Waals surface area (Å²) in [7, 11) is 0. The highest BCUT2D eigenvalue weighted by Gasteiger charge is 2.20. The SMILES string of the molecule is O=C(/C=C/c1ccc(Sc2ccc(/C=C/C(=O)N3CCN(CCO)CC3)cc2Cl)c(Cl)c1)N1CCN(CCO)CC1. The first-order valence-electron chi connectivity index (χ1n) is 13.7. The Balaban J connectivity index is 1.30. The molecule has 4 rings (SSSR count). The first kappa shape index (κ1) is 31.6. The van der Waals surface area contributed by atoms with E-state index in [1.807, 2.05) is 46.2 Å². The van der Waals surface area contributed by atoms with Crippen molar-refractivity contribution in [3.63, 3.8) is 0 Å². The molecule has 2 aromatic carbocycles. The predicted molar refractivity (Wildman–Crippen MR) is 165 cm³/mol. The Kier molecular flexibility index (Phi) is 12.1. The number of carbonyl (C=O) groups is 2. The second-order valence-corrected chi connectivity index (χ2v) is 11.8. The molecule has 8 nitrogen and oxygen atoms in total. The summed E-state index contributed by atoms with van der Waals surface area (Å²) in [5, 5.41) is 19.3. The minimum atomic E-state index is -0.0357. The monoisotopic (exact) mass is 618 g/mol. The van der Waals surface area contributed by atoms with Crippen molar-refractivity contribution in [1.29, 1.82) is 0 Å². The zero-order chi connectivity index (χ0) is 29.2. The Labute approximate surface area is 255 Å². The molecule has 11 heteroatoms. The molecule has 220 valence electrons. The van der Waals surface area contributed by atoms with Gasteiger partial charge in [-0.2, -0.15) is 0 Å². The van der Waals surface area contributed by atoms with E-state index in [1.54, 1.807) is 24.3 Å². The predicted octanol–water partition coefficient (Wildman–Crippen LogP) is 3.44. The van der Waals surface area contributed by atoms with Crippen LogP contribution >= 0.6 is 35.0 Å². The van der Waals surface area contributed by atoms with Gasteiger partial charge in [0.15, 0.2) is 0 Å². The van der Waals surface area contributed by atoms with E-state index in [0.29, 0.717) is 49.3 Å². The summed E-state index contributed by atoms with van der Waals surface area (Å²) in [6.45, 7) is 7.19. The Morgan fingerprint density at radius 2 is 1.07 bits per heavy atom. The second kappa shape index (κ2) is 15.7. The summed E-state index contributed by atoms with van der Waals surface area (Å²) in [5.74, 6) is -0.0714. The van der Waals surface area contributed by atoms with E-state index in [1.165, 1.54) is 11.8 Å². The standard InChI is InChI=1S/C30H36Cl2N4O4S/c31-25-21-23(3-7-29(39)35-13-9-33(10-14-35)17-19-37)1-5-27(25)41-28-6-2-24(22-26(28)32)4-8-30(40)36-15-11-34(12-16-36)18-20-38/h1-8,21-22,37-38H,9-20H2/b7-3+,8-4+. The average molecular weight is 620 g/mol. The third-order valence-electron chi connectivity index (χ3n) is 7.17. The lowest BCUT2D eigenvalue weighted by Gasteiger charge is -2.33. The number of rotatable bonds is 10. The van der Waals surface area contributed by atoms with Crippen LogP contribution in [0, 0.1) is 0 Å². The average Bonchev–Trinajstić information content (AvgIpc) is 2.98. The van der Waals surface area contributed by atoms with Crippen molar-refractivity contribution < 1.29 is 19.8 Å². The van der Waals surface area contributed by atoms with Crippen LogP contribution < -0.4 is 0 Å². The molecule has 0 unspecified atom stereocenters. The number of amides is 2. The highest BCUT2D eigenvalue weighted by molar-refractivity contribution is 7.99. The minimum Gasteiger partial charge on any atom is -0.395 e. The van der Waals surface area contributed by atoms with Crippen molar-refractivity contribution in [1.82, 2.24) is 19.6 Å². The minimum absolute atomic E-state index is 0.0357. The molecule has 2 amide bonds. The number of β-amino-alcohol motifs (C(OH)–C–C–N with tert-alkyl or cyclic N) is 2. The van der Waals surface area contributed by atoms with Crippen LogP contribution in [0.5, 0.6) is 0 Å². The first-order valence-corrected chi connectivity index (χ1v) is 15.3. The summed E-state index contributed by atoms with van der Waals surface area (Å²) < 4.78 is 0. The fraction of sp³-hybridized carbons (Fsp3) is 0.400. The topological polar surface area (TPSA) is 87.6 Å². The molecular formula is C30H36Cl2N4O4S. The van der Waals surface area contributed by atoms with Gasteiger partial charge < -0.3 is 20.0 Å². The van der Waals surface area contributed by atoms with Crippen molar-refractivity contribution >= 4 is 58.9 Å². The maximum absolute atomic E-state index is 12.6. The molecule has 0 spiro atoms. The highest BCUT2D eigenvalue weighted by Crippen LogP contribution is 2.38. The Morgan fingerprint density at radius 3 is 1.41 bits per heavy atom. The fourth-order valence-corrected chi connectivity index (χ4v) is 6.17. The summed E-state index contributed by atoms with van der Waals surface area (Å²) in [6, 6.07) is 11.3. The van der Waals surface area contributed by atoms with Crippen molar-refractivity contribution in [2.75, 3.05) is 78.7 Å². The second-order valence-electron chi connectivity index (χ2n) is 9.93. The van der Waals surface area contributed by atoms with Crippen LogP contribution in [0.3, 0.4) is 0 Å². The van der Waals surface area contributed by atoms with Gasteiger partial charge in [0.25, 0.3) is 0 Å². The molecule has 2 aliphatic heterocycles. The fourth-order valence-electron chi connectivity index (χ4n) is 4.74. The number of halogens is 2. The lowest BCUT2D eigenvalue weighted by molar-refractivity contribution is -0.128. The maximum Gasteiger partial charge on any atom is 0.246 e. The Morgan fingerprint density at radius 1 is 0.683 bits per heavy atom. The van der Waals surface area contributed by atoms with Crippen LogP contribution in [0.2, 0.25) is 10.0 Å². The van der Waals surface area contributed by atoms with Crippen molar-refractivity contribution in [2.24, 2.45) is 0 Å². The summed E-state index contributed by atoms with van der Waals surface area (Å²) in [5.41, 5.74) is 1.66. The van der Waals surface area contributed by atoms with Gasteiger partial charge in [-0.1, -0.05) is 47.1 Å². The molecular weight excluding hydrogens is 583 g/mol. The van der Waals surface area contributed by atoms with E-state index >= 15 is 0 Å². The van der Waals surface area contributed by atoms with Gasteiger partial charge in [0.05, 0.1) is 23.3 Å². The molecule has 0 aliphatic carbocycles. The summed E-state index contributed by atoms with van der Waals surface area (Å²) in [6.07, 6.45) is 6.69. The number of nitrogens with zero attached hydrogens (tertiary/aromatic N) is 4. The normalized spacial score (nSPS) is 17.2. The van der Waals surface area contributed by atoms with Crippen molar-refractivity contribution in [2.45, 2.75) is 9.79 Å². The van der Waals surface area contributed by atoms with Crippen LogP contribution in [-0.2, 0) is 9.59 Å². The van der Waals surface area contributed by atoms with E-state index in [2.05, 4.69) is 9.80 Å². The van der Waals surface area contributed by atoms with Crippen LogP contribution in [-0.4, -0.2) is 120 Å². The maximum atomic E-state index is 12.6. The summed E-state index contributed by atoms with van der Waals surface area (Å²) >= 11 is 14.6. The van der Waals surface area contributed by atoms with E-state index in [4.69, 9.17) is 33.4 Å². The molecule has 2 saturated heterocycles. The van der Waals surface area contributed by atoms with Crippen LogP contribution in [0.15, 0.2) is 58.3 Å². The van der Waals surface area contributed by atoms with Gasteiger partial charge in [0.2, 0.25) is 11.8 Å². The molecule has 2 fully saturated rings. The lowest BCUT2D eigenvalue weighted by Crippen LogP contribution is -2.48. The van der Waals surface area contributed by atoms with Crippen LogP contribution in [0.1, 0.15) is 11.1 Å². The van der Waals surface area contributed by atoms with E-state index < -0.39 is 0 Å². The number of carbonyl (C=O) groups excluding carboxylic acids is 2. The molecule has 2 N–H and O–H groups in total. The van der Waals surface area contributed by atoms with Crippen LogP contribution in [0.4, 0.5) is 0 Å². The van der Waals surface area contributed by atoms with Gasteiger partial charge in [-0.15, -0.1) is 0 Å². The van der Waals surface area contributed by atoms with Crippen molar-refractivity contribution in [3.8, 4) is 0 Å². The Hall–Kier alpha value is -2.37. The quantitative estimate of drug-likeness (QED) is 0.394. The van der Waals surface area contributed by atoms with E-state index in [-0.39, 0.29) is 25.0 Å². The van der Waals surface area contributed by atoms with Crippen molar-refractivity contribution in [3.05, 3.63) is 69.7 Å². The number of hydrogen-bond acceptors (Lipinski definition) is 7. The first-order chi connectivity index (χ1) is 19.9. The number of aliphatic hydroxyl groups excluding tert-OH is 2. The molecule has 2 aromatic rings. The zero-order valence-electron chi connectivity index (χ0n) is 22.9. The van der Waals surface area contributed by atoms with Crippen LogP contribution in [0.25, 0.3) is 12.2 Å². The van der Waals surface area contributed by atoms with Gasteiger partial charge in [0.1, 0.15) is 0 Å². The van der Waals surface area contributed by atoms with E-state index in [9.17, 15) is 9.59 Å². The van der Waals surface area contributed by atoms with Gasteiger partial charge in [0, 0.05) is 87.4 Å². The van der Waals surface area contributed by atoms with Gasteiger partial charge >= 0.3 is 0 Å². The molecule has 0 saturated carbocycles. The summed E-state index contributed by atoms with van der Waals surface area (Å²) in [4.78, 5) is 34.8. The third-order valence-corrected chi connectivity index (χ3v) is 9.17. The largest absolute Gasteiger partial charge is 0.395 e. The number of benzene rings is 2. The molecule has 2 aliphatic rings. The van der Waals surface area contributed by atoms with Gasteiger partial charge in [-0.05, 0) is 47.5 Å². The van der Waals surface area contributed by atoms with Gasteiger partial charge in [-0.3, -0.25) is 19.4 Å². The molecule has 41 heavy (non-hydrogen) atoms. The molecule has 0 atom stereocenters.